The van der Waals surface area contributed by atoms with Crippen LogP contribution in [0.5, 0.6) is 5.75 Å². The van der Waals surface area contributed by atoms with E-state index in [0.29, 0.717) is 31.0 Å². The molecule has 1 aliphatic heterocycles. The molecule has 0 bridgehead atoms. The molecule has 0 N–H and O–H groups in total. The molecule has 0 aliphatic carbocycles. The third-order valence-electron chi connectivity index (χ3n) is 5.38. The first-order chi connectivity index (χ1) is 15.4. The normalized spacial score (nSPS) is 17.5. The summed E-state index contributed by atoms with van der Waals surface area (Å²) < 4.78 is 26.4. The van der Waals surface area contributed by atoms with Crippen LogP contribution in [0.15, 0.2) is 60.7 Å². The summed E-state index contributed by atoms with van der Waals surface area (Å²) in [6.07, 6.45) is 5.93. The summed E-state index contributed by atoms with van der Waals surface area (Å²) in [5.74, 6) is 0.551. The van der Waals surface area contributed by atoms with E-state index in [4.69, 9.17) is 9.47 Å². The fourth-order valence-corrected chi connectivity index (χ4v) is 3.76. The van der Waals surface area contributed by atoms with Crippen LogP contribution < -0.4 is 4.74 Å². The number of rotatable bonds is 6. The molecule has 2 aromatic carbocycles. The molecule has 2 heterocycles. The molecule has 1 fully saturated rings. The molecule has 0 spiro atoms. The van der Waals surface area contributed by atoms with Crippen molar-refractivity contribution in [2.24, 2.45) is 0 Å². The number of aromatic nitrogens is 2. The largest absolute Gasteiger partial charge is 0.495 e. The third-order valence-corrected chi connectivity index (χ3v) is 5.38. The van der Waals surface area contributed by atoms with E-state index < -0.39 is 0 Å². The van der Waals surface area contributed by atoms with E-state index >= 15 is 0 Å². The number of halogens is 1. The van der Waals surface area contributed by atoms with Gasteiger partial charge in [-0.3, -0.25) is 4.79 Å². The highest BCUT2D eigenvalue weighted by atomic mass is 19.1. The highest BCUT2D eigenvalue weighted by Crippen LogP contribution is 2.27. The van der Waals surface area contributed by atoms with Gasteiger partial charge < -0.3 is 18.9 Å². The highest BCUT2D eigenvalue weighted by molar-refractivity contribution is 5.96. The number of hydrogen-bond donors (Lipinski definition) is 0. The van der Waals surface area contributed by atoms with E-state index in [9.17, 15) is 9.18 Å². The molecule has 32 heavy (non-hydrogen) atoms. The van der Waals surface area contributed by atoms with Crippen LogP contribution in [0.2, 0.25) is 0 Å². The molecule has 1 saturated heterocycles. The topological polar surface area (TPSA) is 56.6 Å². The van der Waals surface area contributed by atoms with Gasteiger partial charge in [-0.1, -0.05) is 18.2 Å². The molecule has 4 rings (SSSR count). The summed E-state index contributed by atoms with van der Waals surface area (Å²) in [5.41, 5.74) is 3.56. The standard InChI is InChI=1S/C25H26FN3O3/c1-17-14-29(16-27-17)22-9-6-20(12-23(22)31-3)13-24-25(30)28(15-18(2)32-24)11-10-19-4-7-21(26)8-5-19/h4-9,12-14,16,18H,10-11,15H2,1-3H3/b24-13+/t18-/m0/s1. The zero-order valence-corrected chi connectivity index (χ0v) is 18.4. The van der Waals surface area contributed by atoms with E-state index in [-0.39, 0.29) is 17.8 Å². The molecule has 0 saturated carbocycles. The van der Waals surface area contributed by atoms with E-state index in [1.165, 1.54) is 12.1 Å². The van der Waals surface area contributed by atoms with Gasteiger partial charge in [0, 0.05) is 12.7 Å². The Morgan fingerprint density at radius 1 is 1.25 bits per heavy atom. The van der Waals surface area contributed by atoms with Gasteiger partial charge in [0.1, 0.15) is 17.7 Å². The summed E-state index contributed by atoms with van der Waals surface area (Å²) in [6, 6.07) is 12.1. The van der Waals surface area contributed by atoms with Crippen molar-refractivity contribution < 1.29 is 18.7 Å². The number of imidazole rings is 1. The molecule has 1 atom stereocenters. The number of carbonyl (C=O) groups excluding carboxylic acids is 1. The van der Waals surface area contributed by atoms with Gasteiger partial charge in [0.2, 0.25) is 0 Å². The van der Waals surface area contributed by atoms with Crippen LogP contribution in [0, 0.1) is 12.7 Å². The Bertz CT molecular complexity index is 1140. The van der Waals surface area contributed by atoms with E-state index in [1.54, 1.807) is 36.5 Å². The molecule has 166 valence electrons. The maximum absolute atomic E-state index is 13.1. The summed E-state index contributed by atoms with van der Waals surface area (Å²) in [7, 11) is 1.61. The van der Waals surface area contributed by atoms with E-state index in [2.05, 4.69) is 4.98 Å². The number of aryl methyl sites for hydroxylation is 1. The highest BCUT2D eigenvalue weighted by Gasteiger charge is 2.28. The lowest BCUT2D eigenvalue weighted by Crippen LogP contribution is -2.45. The predicted molar refractivity (Wildman–Crippen MR) is 120 cm³/mol. The molecule has 3 aromatic rings. The van der Waals surface area contributed by atoms with Crippen LogP contribution in [0.4, 0.5) is 4.39 Å². The molecule has 1 aromatic heterocycles. The second-order valence-electron chi connectivity index (χ2n) is 7.92. The fraction of sp³-hybridized carbons (Fsp3) is 0.280. The van der Waals surface area contributed by atoms with E-state index in [1.807, 2.05) is 42.8 Å². The van der Waals surface area contributed by atoms with Gasteiger partial charge in [-0.2, -0.15) is 0 Å². The summed E-state index contributed by atoms with van der Waals surface area (Å²) in [5, 5.41) is 0. The van der Waals surface area contributed by atoms with Gasteiger partial charge in [0.05, 0.1) is 31.4 Å². The van der Waals surface area contributed by atoms with Crippen molar-refractivity contribution in [2.75, 3.05) is 20.2 Å². The Hall–Kier alpha value is -3.61. The Morgan fingerprint density at radius 3 is 2.72 bits per heavy atom. The lowest BCUT2D eigenvalue weighted by atomic mass is 10.1. The maximum Gasteiger partial charge on any atom is 0.289 e. The van der Waals surface area contributed by atoms with Crippen molar-refractivity contribution in [1.29, 1.82) is 0 Å². The Balaban J connectivity index is 1.53. The zero-order chi connectivity index (χ0) is 22.7. The third kappa shape index (κ3) is 4.82. The second kappa shape index (κ2) is 9.26. The van der Waals surface area contributed by atoms with Crippen molar-refractivity contribution in [3.8, 4) is 11.4 Å². The van der Waals surface area contributed by atoms with Gasteiger partial charge in [-0.15, -0.1) is 0 Å². The number of ether oxygens (including phenoxy) is 2. The molecule has 1 aliphatic rings. The number of nitrogens with zero attached hydrogens (tertiary/aromatic N) is 3. The minimum absolute atomic E-state index is 0.123. The quantitative estimate of drug-likeness (QED) is 0.546. The van der Waals surface area contributed by atoms with Gasteiger partial charge in [-0.05, 0) is 61.7 Å². The maximum atomic E-state index is 13.1. The smallest absolute Gasteiger partial charge is 0.289 e. The van der Waals surface area contributed by atoms with Gasteiger partial charge in [0.25, 0.3) is 5.91 Å². The van der Waals surface area contributed by atoms with Gasteiger partial charge in [0.15, 0.2) is 5.76 Å². The Labute approximate surface area is 186 Å². The molecule has 6 nitrogen and oxygen atoms in total. The van der Waals surface area contributed by atoms with Crippen LogP contribution in [-0.4, -0.2) is 46.7 Å². The van der Waals surface area contributed by atoms with E-state index in [0.717, 1.165) is 22.5 Å². The first kappa shape index (κ1) is 21.6. The summed E-state index contributed by atoms with van der Waals surface area (Å²) in [6.45, 7) is 4.92. The first-order valence-corrected chi connectivity index (χ1v) is 10.5. The van der Waals surface area contributed by atoms with Crippen LogP contribution in [0.1, 0.15) is 23.7 Å². The molecular formula is C25H26FN3O3. The molecule has 0 unspecified atom stereocenters. The average Bonchev–Trinajstić information content (AvgIpc) is 3.22. The van der Waals surface area contributed by atoms with Crippen molar-refractivity contribution >= 4 is 12.0 Å². The summed E-state index contributed by atoms with van der Waals surface area (Å²) in [4.78, 5) is 19.1. The van der Waals surface area contributed by atoms with Crippen molar-refractivity contribution in [3.05, 3.63) is 83.4 Å². The number of hydrogen-bond acceptors (Lipinski definition) is 4. The van der Waals surface area contributed by atoms with Crippen LogP contribution >= 0.6 is 0 Å². The monoisotopic (exact) mass is 435 g/mol. The lowest BCUT2D eigenvalue weighted by molar-refractivity contribution is -0.138. The molecular weight excluding hydrogens is 409 g/mol. The van der Waals surface area contributed by atoms with Gasteiger partial charge >= 0.3 is 0 Å². The average molecular weight is 435 g/mol. The fourth-order valence-electron chi connectivity index (χ4n) is 3.76. The zero-order valence-electron chi connectivity index (χ0n) is 18.4. The Morgan fingerprint density at radius 2 is 2.03 bits per heavy atom. The summed E-state index contributed by atoms with van der Waals surface area (Å²) >= 11 is 0. The second-order valence-corrected chi connectivity index (χ2v) is 7.92. The number of amides is 1. The van der Waals surface area contributed by atoms with Crippen molar-refractivity contribution in [3.63, 3.8) is 0 Å². The SMILES string of the molecule is COc1cc(/C=C2/O[C@@H](C)CN(CCc3ccc(F)cc3)C2=O)ccc1-n1cnc(C)c1. The van der Waals surface area contributed by atoms with Crippen LogP contribution in [-0.2, 0) is 16.0 Å². The molecule has 1 amide bonds. The van der Waals surface area contributed by atoms with Crippen molar-refractivity contribution in [1.82, 2.24) is 14.5 Å². The number of methoxy groups -OCH3 is 1. The minimum atomic E-state index is -0.264. The van der Waals surface area contributed by atoms with Crippen LogP contribution in [0.3, 0.4) is 0 Å². The van der Waals surface area contributed by atoms with Gasteiger partial charge in [-0.25, -0.2) is 9.37 Å². The molecule has 7 heteroatoms. The van der Waals surface area contributed by atoms with Crippen molar-refractivity contribution in [2.45, 2.75) is 26.4 Å². The van der Waals surface area contributed by atoms with Crippen LogP contribution in [0.25, 0.3) is 11.8 Å². The number of morpholine rings is 1. The minimum Gasteiger partial charge on any atom is -0.495 e. The predicted octanol–water partition coefficient (Wildman–Crippen LogP) is 4.16. The lowest BCUT2D eigenvalue weighted by Gasteiger charge is -2.33. The molecule has 0 radical (unpaired) electrons. The number of benzene rings is 2. The first-order valence-electron chi connectivity index (χ1n) is 10.5. The Kier molecular flexibility index (Phi) is 6.25. The number of carbonyl (C=O) groups is 1.